The molecule has 27 heavy (non-hydrogen) atoms. The third kappa shape index (κ3) is 5.60. The first-order valence-electron chi connectivity index (χ1n) is 9.15. The maximum atomic E-state index is 13.0. The van der Waals surface area contributed by atoms with Gasteiger partial charge in [-0.1, -0.05) is 23.7 Å². The van der Waals surface area contributed by atoms with Gasteiger partial charge in [-0.25, -0.2) is 4.39 Å². The summed E-state index contributed by atoms with van der Waals surface area (Å²) in [7, 11) is 0. The summed E-state index contributed by atoms with van der Waals surface area (Å²) in [6.07, 6.45) is 4.00. The molecule has 2 aromatic carbocycles. The highest BCUT2D eigenvalue weighted by molar-refractivity contribution is 6.32. The van der Waals surface area contributed by atoms with Crippen molar-refractivity contribution in [3.8, 4) is 11.5 Å². The Morgan fingerprint density at radius 2 is 1.89 bits per heavy atom. The van der Waals surface area contributed by atoms with E-state index < -0.39 is 5.82 Å². The second-order valence-corrected chi connectivity index (χ2v) is 7.30. The van der Waals surface area contributed by atoms with E-state index in [1.165, 1.54) is 23.8 Å². The molecule has 1 amide bonds. The summed E-state index contributed by atoms with van der Waals surface area (Å²) in [4.78, 5) is 14.1. The Morgan fingerprint density at radius 1 is 1.19 bits per heavy atom. The molecular formula is C21H23ClFNO3. The van der Waals surface area contributed by atoms with Crippen LogP contribution >= 0.6 is 11.6 Å². The fourth-order valence-corrected chi connectivity index (χ4v) is 3.55. The molecule has 1 N–H and O–H groups in total. The largest absolute Gasteiger partial charge is 0.508 e. The molecule has 0 saturated carbocycles. The molecule has 6 heteroatoms. The molecule has 0 radical (unpaired) electrons. The fraction of sp³-hybridized carbons (Fsp3) is 0.381. The molecule has 0 spiro atoms. The minimum absolute atomic E-state index is 0.0765. The van der Waals surface area contributed by atoms with Crippen LogP contribution in [0.5, 0.6) is 11.5 Å². The molecule has 2 aromatic rings. The van der Waals surface area contributed by atoms with Gasteiger partial charge in [0, 0.05) is 13.1 Å². The number of hydrogen-bond donors (Lipinski definition) is 1. The monoisotopic (exact) mass is 391 g/mol. The summed E-state index contributed by atoms with van der Waals surface area (Å²) in [5.74, 6) is 0.681. The zero-order valence-corrected chi connectivity index (χ0v) is 15.8. The minimum atomic E-state index is -0.437. The zero-order chi connectivity index (χ0) is 19.2. The molecule has 0 aliphatic carbocycles. The van der Waals surface area contributed by atoms with Crippen LogP contribution in [-0.4, -0.2) is 35.6 Å². The highest BCUT2D eigenvalue weighted by Gasteiger charge is 2.23. The average molecular weight is 392 g/mol. The summed E-state index contributed by atoms with van der Waals surface area (Å²) in [6.45, 7) is 1.35. The topological polar surface area (TPSA) is 49.8 Å². The molecule has 0 aromatic heterocycles. The molecule has 1 aliphatic rings. The molecule has 1 heterocycles. The zero-order valence-electron chi connectivity index (χ0n) is 15.0. The number of rotatable bonds is 6. The van der Waals surface area contributed by atoms with Crippen LogP contribution < -0.4 is 4.74 Å². The number of phenolic OH excluding ortho intramolecular Hbond substituents is 1. The standard InChI is InChI=1S/C21H23ClFNO3/c22-19-13-17(23)5-8-20(19)27-14-21(26)24-11-9-16(10-12-24)2-1-15-3-6-18(25)7-4-15/h3-8,13,16,25H,1-2,9-12,14H2. The van der Waals surface area contributed by atoms with Gasteiger partial charge in [-0.2, -0.15) is 0 Å². The number of carbonyl (C=O) groups excluding carboxylic acids is 1. The number of hydrogen-bond acceptors (Lipinski definition) is 3. The molecule has 0 unspecified atom stereocenters. The molecule has 4 nitrogen and oxygen atoms in total. The summed E-state index contributed by atoms with van der Waals surface area (Å²) in [5, 5.41) is 9.49. The lowest BCUT2D eigenvalue weighted by molar-refractivity contribution is -0.134. The first-order chi connectivity index (χ1) is 13.0. The van der Waals surface area contributed by atoms with E-state index in [0.29, 0.717) is 11.7 Å². The van der Waals surface area contributed by atoms with E-state index >= 15 is 0 Å². The van der Waals surface area contributed by atoms with E-state index in [0.717, 1.165) is 38.8 Å². The highest BCUT2D eigenvalue weighted by atomic mass is 35.5. The van der Waals surface area contributed by atoms with Crippen LogP contribution in [0.25, 0.3) is 0 Å². The molecule has 1 aliphatic heterocycles. The van der Waals surface area contributed by atoms with E-state index in [9.17, 15) is 14.3 Å². The number of ether oxygens (including phenoxy) is 1. The predicted molar refractivity (Wildman–Crippen MR) is 103 cm³/mol. The Hall–Kier alpha value is -2.27. The number of phenols is 1. The van der Waals surface area contributed by atoms with Crippen molar-refractivity contribution >= 4 is 17.5 Å². The van der Waals surface area contributed by atoms with Crippen LogP contribution in [0.4, 0.5) is 4.39 Å². The molecular weight excluding hydrogens is 369 g/mol. The second-order valence-electron chi connectivity index (χ2n) is 6.89. The lowest BCUT2D eigenvalue weighted by atomic mass is 9.90. The third-order valence-corrected chi connectivity index (χ3v) is 5.29. The van der Waals surface area contributed by atoms with Crippen molar-refractivity contribution in [2.24, 2.45) is 5.92 Å². The van der Waals surface area contributed by atoms with Crippen LogP contribution in [0, 0.1) is 11.7 Å². The smallest absolute Gasteiger partial charge is 0.260 e. The number of aryl methyl sites for hydroxylation is 1. The van der Waals surface area contributed by atoms with Crippen LogP contribution in [0.1, 0.15) is 24.8 Å². The van der Waals surface area contributed by atoms with Gasteiger partial charge >= 0.3 is 0 Å². The number of benzene rings is 2. The molecule has 1 fully saturated rings. The number of aromatic hydroxyl groups is 1. The number of amides is 1. The Bertz CT molecular complexity index is 773. The number of piperidine rings is 1. The Balaban J connectivity index is 1.40. The van der Waals surface area contributed by atoms with Crippen LogP contribution in [0.3, 0.4) is 0 Å². The number of halogens is 2. The average Bonchev–Trinajstić information content (AvgIpc) is 2.67. The fourth-order valence-electron chi connectivity index (χ4n) is 3.33. The summed E-state index contributed by atoms with van der Waals surface area (Å²) >= 11 is 5.91. The van der Waals surface area contributed by atoms with Gasteiger partial charge < -0.3 is 14.7 Å². The van der Waals surface area contributed by atoms with E-state index in [-0.39, 0.29) is 23.3 Å². The number of likely N-dealkylation sites (tertiary alicyclic amines) is 1. The quantitative estimate of drug-likeness (QED) is 0.792. The van der Waals surface area contributed by atoms with E-state index in [4.69, 9.17) is 16.3 Å². The van der Waals surface area contributed by atoms with Gasteiger partial charge in [-0.15, -0.1) is 0 Å². The molecule has 0 atom stereocenters. The predicted octanol–water partition coefficient (Wildman–Crippen LogP) is 4.43. The molecule has 1 saturated heterocycles. The minimum Gasteiger partial charge on any atom is -0.508 e. The third-order valence-electron chi connectivity index (χ3n) is 4.99. The Labute approximate surface area is 163 Å². The lowest BCUT2D eigenvalue weighted by Crippen LogP contribution is -2.41. The van der Waals surface area contributed by atoms with Crippen molar-refractivity contribution in [1.82, 2.24) is 4.90 Å². The van der Waals surface area contributed by atoms with Crippen LogP contribution in [0.2, 0.25) is 5.02 Å². The van der Waals surface area contributed by atoms with Gasteiger partial charge in [0.1, 0.15) is 17.3 Å². The van der Waals surface area contributed by atoms with Gasteiger partial charge in [0.25, 0.3) is 5.91 Å². The van der Waals surface area contributed by atoms with Crippen molar-refractivity contribution in [1.29, 1.82) is 0 Å². The van der Waals surface area contributed by atoms with Gasteiger partial charge in [-0.3, -0.25) is 4.79 Å². The van der Waals surface area contributed by atoms with Gasteiger partial charge in [-0.05, 0) is 67.5 Å². The normalized spacial score (nSPS) is 15.0. The van der Waals surface area contributed by atoms with Crippen molar-refractivity contribution in [2.75, 3.05) is 19.7 Å². The van der Waals surface area contributed by atoms with Crippen molar-refractivity contribution in [3.63, 3.8) is 0 Å². The molecule has 3 rings (SSSR count). The maximum absolute atomic E-state index is 13.0. The summed E-state index contributed by atoms with van der Waals surface area (Å²) in [5.41, 5.74) is 1.22. The van der Waals surface area contributed by atoms with Gasteiger partial charge in [0.2, 0.25) is 0 Å². The Kier molecular flexibility index (Phi) is 6.56. The van der Waals surface area contributed by atoms with E-state index in [1.807, 2.05) is 17.0 Å². The van der Waals surface area contributed by atoms with E-state index in [2.05, 4.69) is 0 Å². The van der Waals surface area contributed by atoms with Crippen molar-refractivity contribution in [2.45, 2.75) is 25.7 Å². The Morgan fingerprint density at radius 3 is 2.56 bits per heavy atom. The lowest BCUT2D eigenvalue weighted by Gasteiger charge is -2.32. The maximum Gasteiger partial charge on any atom is 0.260 e. The van der Waals surface area contributed by atoms with Gasteiger partial charge in [0.15, 0.2) is 6.61 Å². The van der Waals surface area contributed by atoms with Gasteiger partial charge in [0.05, 0.1) is 5.02 Å². The molecule has 144 valence electrons. The van der Waals surface area contributed by atoms with Crippen LogP contribution in [0.15, 0.2) is 42.5 Å². The van der Waals surface area contributed by atoms with Crippen LogP contribution in [-0.2, 0) is 11.2 Å². The van der Waals surface area contributed by atoms with E-state index in [1.54, 1.807) is 12.1 Å². The van der Waals surface area contributed by atoms with Crippen molar-refractivity contribution < 1.29 is 19.0 Å². The summed E-state index contributed by atoms with van der Waals surface area (Å²) in [6, 6.07) is 11.2. The second kappa shape index (κ2) is 9.09. The number of nitrogens with zero attached hydrogens (tertiary/aromatic N) is 1. The number of carbonyl (C=O) groups is 1. The van der Waals surface area contributed by atoms with Crippen molar-refractivity contribution in [3.05, 3.63) is 58.9 Å². The highest BCUT2D eigenvalue weighted by Crippen LogP contribution is 2.26. The first-order valence-corrected chi connectivity index (χ1v) is 9.52. The molecule has 0 bridgehead atoms. The SMILES string of the molecule is O=C(COc1ccc(F)cc1Cl)N1CCC(CCc2ccc(O)cc2)CC1. The summed E-state index contributed by atoms with van der Waals surface area (Å²) < 4.78 is 18.5. The first kappa shape index (κ1) is 19.5.